The zero-order chi connectivity index (χ0) is 13.2. The van der Waals surface area contributed by atoms with Crippen molar-refractivity contribution in [2.24, 2.45) is 5.73 Å². The summed E-state index contributed by atoms with van der Waals surface area (Å²) in [6.07, 6.45) is 2.50. The summed E-state index contributed by atoms with van der Waals surface area (Å²) in [6.45, 7) is 2.40. The normalized spacial score (nSPS) is 10.3. The monoisotopic (exact) mass is 270 g/mol. The van der Waals surface area contributed by atoms with Gasteiger partial charge in [0, 0.05) is 32.6 Å². The van der Waals surface area contributed by atoms with Crippen LogP contribution in [-0.2, 0) is 9.47 Å². The third kappa shape index (κ3) is 5.90. The minimum absolute atomic E-state index is 0.260. The number of nitrogens with two attached hydrogens (primary N) is 1. The van der Waals surface area contributed by atoms with Gasteiger partial charge in [-0.2, -0.15) is 0 Å². The first-order valence-electron chi connectivity index (χ1n) is 5.69. The average molecular weight is 270 g/mol. The van der Waals surface area contributed by atoms with Crippen molar-refractivity contribution in [1.82, 2.24) is 4.98 Å². The van der Waals surface area contributed by atoms with Crippen LogP contribution in [0.2, 0.25) is 0 Å². The lowest BCUT2D eigenvalue weighted by molar-refractivity contribution is 0.0806. The number of thiocarbonyl (C=S) groups is 1. The summed E-state index contributed by atoms with van der Waals surface area (Å²) in [5, 5.41) is 0. The van der Waals surface area contributed by atoms with Crippen molar-refractivity contribution in [2.75, 3.05) is 33.5 Å². The zero-order valence-electron chi connectivity index (χ0n) is 10.4. The van der Waals surface area contributed by atoms with Gasteiger partial charge in [0.25, 0.3) is 0 Å². The number of rotatable bonds is 9. The van der Waals surface area contributed by atoms with E-state index in [9.17, 15) is 0 Å². The fraction of sp³-hybridized carbons (Fsp3) is 0.500. The van der Waals surface area contributed by atoms with Gasteiger partial charge in [0.1, 0.15) is 23.0 Å². The van der Waals surface area contributed by atoms with Crippen molar-refractivity contribution in [1.29, 1.82) is 0 Å². The molecule has 0 aliphatic rings. The Morgan fingerprint density at radius 3 is 2.89 bits per heavy atom. The van der Waals surface area contributed by atoms with E-state index in [0.717, 1.165) is 6.42 Å². The molecule has 1 aromatic heterocycles. The van der Waals surface area contributed by atoms with Crippen LogP contribution in [0.5, 0.6) is 5.75 Å². The molecule has 0 saturated carbocycles. The topological polar surface area (TPSA) is 66.6 Å². The fourth-order valence-corrected chi connectivity index (χ4v) is 1.37. The molecule has 1 heterocycles. The second-order valence-corrected chi connectivity index (χ2v) is 3.99. The number of nitrogens with zero attached hydrogens (tertiary/aromatic N) is 1. The smallest absolute Gasteiger partial charge is 0.123 e. The summed E-state index contributed by atoms with van der Waals surface area (Å²) >= 11 is 4.84. The first-order valence-corrected chi connectivity index (χ1v) is 6.10. The van der Waals surface area contributed by atoms with Gasteiger partial charge in [0.2, 0.25) is 0 Å². The second kappa shape index (κ2) is 8.79. The van der Waals surface area contributed by atoms with E-state index in [1.165, 1.54) is 0 Å². The van der Waals surface area contributed by atoms with Crippen molar-refractivity contribution in [3.8, 4) is 5.75 Å². The maximum Gasteiger partial charge on any atom is 0.123 e. The lowest BCUT2D eigenvalue weighted by Crippen LogP contribution is -2.12. The molecule has 0 aliphatic heterocycles. The van der Waals surface area contributed by atoms with Crippen LogP contribution in [-0.4, -0.2) is 43.5 Å². The lowest BCUT2D eigenvalue weighted by atomic mass is 10.3. The van der Waals surface area contributed by atoms with Crippen molar-refractivity contribution in [3.05, 3.63) is 24.0 Å². The Hall–Kier alpha value is -1.24. The van der Waals surface area contributed by atoms with Crippen LogP contribution in [0.1, 0.15) is 12.1 Å². The molecule has 0 saturated heterocycles. The fourth-order valence-electron chi connectivity index (χ4n) is 1.26. The predicted molar refractivity (Wildman–Crippen MR) is 72.9 cm³/mol. The van der Waals surface area contributed by atoms with E-state index in [0.29, 0.717) is 37.9 Å². The summed E-state index contributed by atoms with van der Waals surface area (Å²) in [4.78, 5) is 4.29. The Morgan fingerprint density at radius 2 is 2.17 bits per heavy atom. The third-order valence-electron chi connectivity index (χ3n) is 2.12. The van der Waals surface area contributed by atoms with Crippen molar-refractivity contribution >= 4 is 17.2 Å². The van der Waals surface area contributed by atoms with Crippen LogP contribution in [0.4, 0.5) is 0 Å². The highest BCUT2D eigenvalue weighted by Gasteiger charge is 2.00. The molecular weight excluding hydrogens is 252 g/mol. The molecule has 0 aromatic carbocycles. The third-order valence-corrected chi connectivity index (χ3v) is 2.33. The van der Waals surface area contributed by atoms with E-state index < -0.39 is 0 Å². The van der Waals surface area contributed by atoms with Crippen molar-refractivity contribution in [3.63, 3.8) is 0 Å². The van der Waals surface area contributed by atoms with Gasteiger partial charge in [0.15, 0.2) is 0 Å². The molecule has 0 bridgehead atoms. The lowest BCUT2D eigenvalue weighted by Gasteiger charge is -2.07. The number of methoxy groups -OCH3 is 1. The highest BCUT2D eigenvalue weighted by atomic mass is 32.1. The van der Waals surface area contributed by atoms with Gasteiger partial charge in [-0.25, -0.2) is 0 Å². The van der Waals surface area contributed by atoms with Crippen LogP contribution in [0, 0.1) is 0 Å². The summed E-state index contributed by atoms with van der Waals surface area (Å²) in [5.74, 6) is 0.688. The number of pyridine rings is 1. The maximum absolute atomic E-state index is 5.49. The van der Waals surface area contributed by atoms with E-state index in [1.54, 1.807) is 25.4 Å². The average Bonchev–Trinajstić information content (AvgIpc) is 2.38. The van der Waals surface area contributed by atoms with Gasteiger partial charge < -0.3 is 19.9 Å². The number of aromatic nitrogens is 1. The van der Waals surface area contributed by atoms with Crippen molar-refractivity contribution < 1.29 is 14.2 Å². The van der Waals surface area contributed by atoms with Gasteiger partial charge in [-0.15, -0.1) is 0 Å². The van der Waals surface area contributed by atoms with E-state index >= 15 is 0 Å². The summed E-state index contributed by atoms with van der Waals surface area (Å²) in [7, 11) is 1.67. The molecule has 5 nitrogen and oxygen atoms in total. The Kier molecular flexibility index (Phi) is 7.24. The standard InChI is InChI=1S/C12H18N2O3S/c1-15-5-2-6-16-7-8-17-10-3-4-14-11(9-10)12(13)18/h3-4,9H,2,5-8H2,1H3,(H2,13,18). The summed E-state index contributed by atoms with van der Waals surface area (Å²) < 4.78 is 15.8. The largest absolute Gasteiger partial charge is 0.491 e. The Labute approximate surface area is 112 Å². The van der Waals surface area contributed by atoms with Gasteiger partial charge in [-0.1, -0.05) is 12.2 Å². The minimum atomic E-state index is 0.260. The van der Waals surface area contributed by atoms with Gasteiger partial charge >= 0.3 is 0 Å². The molecule has 18 heavy (non-hydrogen) atoms. The van der Waals surface area contributed by atoms with E-state index in [-0.39, 0.29) is 4.99 Å². The maximum atomic E-state index is 5.49. The summed E-state index contributed by atoms with van der Waals surface area (Å²) in [5.41, 5.74) is 6.04. The molecule has 6 heteroatoms. The molecule has 0 unspecified atom stereocenters. The van der Waals surface area contributed by atoms with E-state index in [2.05, 4.69) is 4.98 Å². The van der Waals surface area contributed by atoms with Gasteiger partial charge in [0.05, 0.1) is 6.61 Å². The highest BCUT2D eigenvalue weighted by Crippen LogP contribution is 2.10. The first kappa shape index (κ1) is 14.8. The number of hydrogen-bond acceptors (Lipinski definition) is 5. The van der Waals surface area contributed by atoms with Gasteiger partial charge in [-0.3, -0.25) is 4.98 Å². The molecular formula is C12H18N2O3S. The minimum Gasteiger partial charge on any atom is -0.491 e. The van der Waals surface area contributed by atoms with Crippen LogP contribution in [0.25, 0.3) is 0 Å². The van der Waals surface area contributed by atoms with E-state index in [1.807, 2.05) is 0 Å². The number of ether oxygens (including phenoxy) is 3. The quantitative estimate of drug-likeness (QED) is 0.536. The molecule has 0 amide bonds. The van der Waals surface area contributed by atoms with Crippen LogP contribution in [0.15, 0.2) is 18.3 Å². The molecule has 0 radical (unpaired) electrons. The molecule has 1 rings (SSSR count). The van der Waals surface area contributed by atoms with Crippen LogP contribution < -0.4 is 10.5 Å². The predicted octanol–water partition coefficient (Wildman–Crippen LogP) is 1.15. The molecule has 100 valence electrons. The van der Waals surface area contributed by atoms with Crippen LogP contribution in [0.3, 0.4) is 0 Å². The molecule has 0 fully saturated rings. The summed E-state index contributed by atoms with van der Waals surface area (Å²) in [6, 6.07) is 3.47. The zero-order valence-corrected chi connectivity index (χ0v) is 11.2. The molecule has 0 spiro atoms. The Bertz CT molecular complexity index is 374. The molecule has 0 atom stereocenters. The highest BCUT2D eigenvalue weighted by molar-refractivity contribution is 7.80. The van der Waals surface area contributed by atoms with E-state index in [4.69, 9.17) is 32.2 Å². The first-order chi connectivity index (χ1) is 8.74. The Balaban J connectivity index is 2.19. The van der Waals surface area contributed by atoms with Crippen LogP contribution >= 0.6 is 12.2 Å². The molecule has 2 N–H and O–H groups in total. The van der Waals surface area contributed by atoms with Gasteiger partial charge in [-0.05, 0) is 12.5 Å². The Morgan fingerprint density at radius 1 is 1.33 bits per heavy atom. The number of hydrogen-bond donors (Lipinski definition) is 1. The van der Waals surface area contributed by atoms with Crippen molar-refractivity contribution in [2.45, 2.75) is 6.42 Å². The second-order valence-electron chi connectivity index (χ2n) is 3.55. The SMILES string of the molecule is COCCCOCCOc1ccnc(C(N)=S)c1. The molecule has 0 aliphatic carbocycles. The molecule has 1 aromatic rings.